The minimum Gasteiger partial charge on any atom is -0.483 e. The van der Waals surface area contributed by atoms with Gasteiger partial charge in [0.1, 0.15) is 11.9 Å². The lowest BCUT2D eigenvalue weighted by atomic mass is 10.0. The molecule has 146 valence electrons. The van der Waals surface area contributed by atoms with E-state index in [0.29, 0.717) is 12.3 Å². The lowest BCUT2D eigenvalue weighted by molar-refractivity contribution is -0.119. The minimum absolute atomic E-state index is 0.169. The molecule has 4 rings (SSSR count). The Morgan fingerprint density at radius 1 is 1.29 bits per heavy atom. The van der Waals surface area contributed by atoms with Gasteiger partial charge in [0.05, 0.1) is 6.10 Å². The number of carbonyl (C=O) groups excluding carboxylic acids is 1. The van der Waals surface area contributed by atoms with Gasteiger partial charge in [0, 0.05) is 40.8 Å². The number of rotatable bonds is 6. The molecule has 0 aliphatic carbocycles. The van der Waals surface area contributed by atoms with Gasteiger partial charge < -0.3 is 15.6 Å². The fraction of sp³-hybridized carbons (Fsp3) is 0.286. The first-order valence-electron chi connectivity index (χ1n) is 9.06. The summed E-state index contributed by atoms with van der Waals surface area (Å²) in [4.78, 5) is 13.0. The number of amides is 1. The molecular formula is C21H21FN2O3S. The van der Waals surface area contributed by atoms with E-state index in [-0.39, 0.29) is 19.7 Å². The number of thiophene rings is 1. The average Bonchev–Trinajstić information content (AvgIpc) is 3.23. The predicted octanol–water partition coefficient (Wildman–Crippen LogP) is 2.95. The number of nitrogens with zero attached hydrogens (tertiary/aromatic N) is 1. The third-order valence-corrected chi connectivity index (χ3v) is 5.88. The average molecular weight is 400 g/mol. The minimum atomic E-state index is -1.25. The highest BCUT2D eigenvalue weighted by Gasteiger charge is 2.31. The first kappa shape index (κ1) is 18.9. The summed E-state index contributed by atoms with van der Waals surface area (Å²) in [5, 5.41) is 13.0. The largest absolute Gasteiger partial charge is 0.483 e. The van der Waals surface area contributed by atoms with Gasteiger partial charge in [-0.15, -0.1) is 11.3 Å². The fourth-order valence-electron chi connectivity index (χ4n) is 3.55. The number of aliphatic hydroxyl groups excluding tert-OH is 1. The molecule has 0 spiro atoms. The number of fused-ring (bicyclic) bond motifs is 1. The van der Waals surface area contributed by atoms with Crippen LogP contribution in [0.2, 0.25) is 0 Å². The van der Waals surface area contributed by atoms with E-state index in [2.05, 4.69) is 17.5 Å². The molecule has 0 radical (unpaired) electrons. The lowest BCUT2D eigenvalue weighted by Crippen LogP contribution is -2.23. The van der Waals surface area contributed by atoms with Crippen LogP contribution in [0.5, 0.6) is 5.75 Å². The van der Waals surface area contributed by atoms with Crippen LogP contribution in [0.25, 0.3) is 21.2 Å². The zero-order chi connectivity index (χ0) is 19.7. The second-order valence-corrected chi connectivity index (χ2v) is 7.91. The monoisotopic (exact) mass is 400 g/mol. The number of aliphatic hydroxyl groups is 1. The van der Waals surface area contributed by atoms with Crippen LogP contribution in [0.4, 0.5) is 4.39 Å². The highest BCUT2D eigenvalue weighted by molar-refractivity contribution is 7.17. The zero-order valence-corrected chi connectivity index (χ0v) is 16.0. The highest BCUT2D eigenvalue weighted by atomic mass is 32.1. The van der Waals surface area contributed by atoms with Crippen molar-refractivity contribution in [2.24, 2.45) is 5.73 Å². The molecule has 5 nitrogen and oxygen atoms in total. The van der Waals surface area contributed by atoms with Gasteiger partial charge in [-0.1, -0.05) is 24.3 Å². The Morgan fingerprint density at radius 3 is 2.86 bits per heavy atom. The van der Waals surface area contributed by atoms with Crippen LogP contribution in [0.3, 0.4) is 0 Å². The van der Waals surface area contributed by atoms with Crippen LogP contribution >= 0.6 is 11.3 Å². The number of halogens is 1. The van der Waals surface area contributed by atoms with Crippen molar-refractivity contribution < 1.29 is 19.0 Å². The maximum absolute atomic E-state index is 13.7. The molecule has 0 saturated carbocycles. The number of benzene rings is 2. The smallest absolute Gasteiger partial charge is 0.255 e. The highest BCUT2D eigenvalue weighted by Crippen LogP contribution is 2.36. The molecular weight excluding hydrogens is 379 g/mol. The number of alkyl halides is 1. The summed E-state index contributed by atoms with van der Waals surface area (Å²) >= 11 is 1.68. The van der Waals surface area contributed by atoms with Crippen molar-refractivity contribution in [3.8, 4) is 16.9 Å². The molecule has 2 aromatic carbocycles. The van der Waals surface area contributed by atoms with E-state index < -0.39 is 18.2 Å². The van der Waals surface area contributed by atoms with Gasteiger partial charge in [0.25, 0.3) is 5.91 Å². The molecule has 1 aliphatic heterocycles. The number of ether oxygens (including phenoxy) is 1. The van der Waals surface area contributed by atoms with Crippen molar-refractivity contribution in [1.29, 1.82) is 0 Å². The van der Waals surface area contributed by atoms with Gasteiger partial charge in [-0.2, -0.15) is 0 Å². The number of carbonyl (C=O) groups is 1. The summed E-state index contributed by atoms with van der Waals surface area (Å²) in [6.07, 6.45) is -2.22. The topological polar surface area (TPSA) is 75.8 Å². The number of nitrogens with two attached hydrogens (primary N) is 1. The zero-order valence-electron chi connectivity index (χ0n) is 15.2. The van der Waals surface area contributed by atoms with Crippen LogP contribution in [-0.2, 0) is 11.3 Å². The molecule has 7 heteroatoms. The molecule has 1 aliphatic rings. The van der Waals surface area contributed by atoms with Crippen molar-refractivity contribution in [1.82, 2.24) is 4.90 Å². The van der Waals surface area contributed by atoms with Gasteiger partial charge in [-0.3, -0.25) is 9.69 Å². The van der Waals surface area contributed by atoms with E-state index in [1.807, 2.05) is 35.2 Å². The van der Waals surface area contributed by atoms with E-state index in [4.69, 9.17) is 10.5 Å². The first-order chi connectivity index (χ1) is 13.5. The van der Waals surface area contributed by atoms with Crippen molar-refractivity contribution in [2.75, 3.05) is 19.7 Å². The molecule has 1 saturated heterocycles. The van der Waals surface area contributed by atoms with Crippen molar-refractivity contribution in [3.05, 3.63) is 53.4 Å². The number of likely N-dealkylation sites (tertiary alicyclic amines) is 1. The predicted molar refractivity (Wildman–Crippen MR) is 108 cm³/mol. The van der Waals surface area contributed by atoms with Gasteiger partial charge >= 0.3 is 0 Å². The van der Waals surface area contributed by atoms with E-state index in [1.54, 1.807) is 11.3 Å². The Bertz CT molecular complexity index is 996. The second-order valence-electron chi connectivity index (χ2n) is 7.00. The number of primary amides is 1. The molecule has 1 fully saturated rings. The molecule has 1 aromatic heterocycles. The summed E-state index contributed by atoms with van der Waals surface area (Å²) in [5.74, 6) is -0.0156. The first-order valence-corrected chi connectivity index (χ1v) is 9.94. The number of hydrogen-bond acceptors (Lipinski definition) is 5. The van der Waals surface area contributed by atoms with Gasteiger partial charge in [-0.05, 0) is 29.1 Å². The Labute approximate surface area is 166 Å². The van der Waals surface area contributed by atoms with Crippen molar-refractivity contribution in [3.63, 3.8) is 0 Å². The van der Waals surface area contributed by atoms with Crippen LogP contribution in [0, 0.1) is 0 Å². The Balaban J connectivity index is 1.68. The maximum Gasteiger partial charge on any atom is 0.255 e. The number of hydrogen-bond donors (Lipinski definition) is 2. The molecule has 2 heterocycles. The summed E-state index contributed by atoms with van der Waals surface area (Å²) in [6, 6.07) is 14.0. The standard InChI is InChI=1S/C21H21FN2O3S/c22-17-9-24(10-18(17)25)8-14-7-13(5-6-19(14)27-11-21(23)26)16-12-28-20-4-2-1-3-15(16)20/h1-7,12,17-18,25H,8-11H2,(H2,23,26)/t17-,18-/m1/s1. The molecule has 2 atom stereocenters. The Morgan fingerprint density at radius 2 is 2.11 bits per heavy atom. The van der Waals surface area contributed by atoms with Crippen LogP contribution in [-0.4, -0.2) is 47.9 Å². The molecule has 0 bridgehead atoms. The SMILES string of the molecule is NC(=O)COc1ccc(-c2csc3ccccc23)cc1CN1C[C@@H](O)[C@H](F)C1. The van der Waals surface area contributed by atoms with Gasteiger partial charge in [-0.25, -0.2) is 4.39 Å². The van der Waals surface area contributed by atoms with E-state index in [9.17, 15) is 14.3 Å². The summed E-state index contributed by atoms with van der Waals surface area (Å²) in [6.45, 7) is 0.633. The molecule has 0 unspecified atom stereocenters. The summed E-state index contributed by atoms with van der Waals surface area (Å²) < 4.78 is 20.5. The van der Waals surface area contributed by atoms with E-state index in [1.165, 1.54) is 10.1 Å². The van der Waals surface area contributed by atoms with Gasteiger partial charge in [0.2, 0.25) is 0 Å². The maximum atomic E-state index is 13.7. The Hall–Kier alpha value is -2.48. The van der Waals surface area contributed by atoms with Crippen molar-refractivity contribution >= 4 is 27.3 Å². The third kappa shape index (κ3) is 3.87. The lowest BCUT2D eigenvalue weighted by Gasteiger charge is -2.18. The van der Waals surface area contributed by atoms with Crippen LogP contribution < -0.4 is 10.5 Å². The molecule has 1 amide bonds. The molecule has 3 N–H and O–H groups in total. The summed E-state index contributed by atoms with van der Waals surface area (Å²) in [5.41, 5.74) is 8.18. The summed E-state index contributed by atoms with van der Waals surface area (Å²) in [7, 11) is 0. The Kier molecular flexibility index (Phi) is 5.30. The number of β-amino-alcohol motifs (C(OH)–C–C–N with tert-alkyl or cyclic N) is 1. The second kappa shape index (κ2) is 7.87. The van der Waals surface area contributed by atoms with E-state index in [0.717, 1.165) is 16.7 Å². The molecule has 28 heavy (non-hydrogen) atoms. The van der Waals surface area contributed by atoms with E-state index >= 15 is 0 Å². The van der Waals surface area contributed by atoms with Crippen LogP contribution in [0.1, 0.15) is 5.56 Å². The van der Waals surface area contributed by atoms with Crippen LogP contribution in [0.15, 0.2) is 47.8 Å². The normalized spacial score (nSPS) is 19.9. The van der Waals surface area contributed by atoms with Crippen molar-refractivity contribution in [2.45, 2.75) is 18.8 Å². The molecule has 3 aromatic rings. The van der Waals surface area contributed by atoms with Gasteiger partial charge in [0.15, 0.2) is 6.61 Å². The fourth-order valence-corrected chi connectivity index (χ4v) is 4.52. The third-order valence-electron chi connectivity index (χ3n) is 4.91. The quantitative estimate of drug-likeness (QED) is 0.667.